The number of aliphatic hydroxyl groups excluding tert-OH is 1. The van der Waals surface area contributed by atoms with E-state index < -0.39 is 0 Å². The van der Waals surface area contributed by atoms with Gasteiger partial charge in [0, 0.05) is 31.7 Å². The molecule has 0 bridgehead atoms. The molecule has 3 heterocycles. The molecule has 3 N–H and O–H groups in total. The smallest absolute Gasteiger partial charge is 0.274 e. The monoisotopic (exact) mass is 292 g/mol. The molecule has 1 aliphatic heterocycles. The molecule has 8 heteroatoms. The molecule has 0 amide bonds. The lowest BCUT2D eigenvalue weighted by Gasteiger charge is -2.24. The number of nitrogens with zero attached hydrogens (tertiary/aromatic N) is 4. The summed E-state index contributed by atoms with van der Waals surface area (Å²) in [6, 6.07) is 1.96. The van der Waals surface area contributed by atoms with Crippen LogP contribution in [-0.2, 0) is 6.54 Å². The molecular formula is C13H20N6O2. The summed E-state index contributed by atoms with van der Waals surface area (Å²) < 4.78 is 1.30. The lowest BCUT2D eigenvalue weighted by Crippen LogP contribution is -2.39. The van der Waals surface area contributed by atoms with E-state index in [0.717, 1.165) is 19.5 Å². The van der Waals surface area contributed by atoms with Gasteiger partial charge in [0.15, 0.2) is 0 Å². The van der Waals surface area contributed by atoms with E-state index in [4.69, 9.17) is 0 Å². The maximum Gasteiger partial charge on any atom is 0.274 e. The van der Waals surface area contributed by atoms with Gasteiger partial charge in [0.25, 0.3) is 11.3 Å². The van der Waals surface area contributed by atoms with Crippen LogP contribution in [0.5, 0.6) is 0 Å². The van der Waals surface area contributed by atoms with E-state index >= 15 is 0 Å². The van der Waals surface area contributed by atoms with Gasteiger partial charge in [-0.1, -0.05) is 0 Å². The van der Waals surface area contributed by atoms with Gasteiger partial charge >= 0.3 is 0 Å². The Morgan fingerprint density at radius 3 is 3.19 bits per heavy atom. The molecule has 0 spiro atoms. The molecule has 2 aromatic heterocycles. The average Bonchev–Trinajstić information content (AvgIpc) is 3.10. The van der Waals surface area contributed by atoms with E-state index in [1.54, 1.807) is 0 Å². The van der Waals surface area contributed by atoms with Crippen LogP contribution >= 0.6 is 0 Å². The highest BCUT2D eigenvalue weighted by atomic mass is 16.3. The van der Waals surface area contributed by atoms with Crippen LogP contribution in [0.3, 0.4) is 0 Å². The lowest BCUT2D eigenvalue weighted by atomic mass is 10.2. The Hall–Kier alpha value is -1.77. The third-order valence-corrected chi connectivity index (χ3v) is 3.76. The van der Waals surface area contributed by atoms with Crippen LogP contribution in [0.1, 0.15) is 18.5 Å². The first-order chi connectivity index (χ1) is 10.3. The summed E-state index contributed by atoms with van der Waals surface area (Å²) in [5, 5.41) is 15.4. The van der Waals surface area contributed by atoms with Gasteiger partial charge in [-0.15, -0.1) is 0 Å². The summed E-state index contributed by atoms with van der Waals surface area (Å²) in [5.74, 6) is 0.375. The number of nitrogens with one attached hydrogen (secondary N) is 2. The number of aromatic nitrogens is 4. The lowest BCUT2D eigenvalue weighted by molar-refractivity contribution is 0.177. The van der Waals surface area contributed by atoms with Crippen LogP contribution < -0.4 is 10.9 Å². The number of hydrogen-bond donors (Lipinski definition) is 3. The van der Waals surface area contributed by atoms with Crippen molar-refractivity contribution in [1.29, 1.82) is 0 Å². The Balaban J connectivity index is 1.74. The Morgan fingerprint density at radius 2 is 2.43 bits per heavy atom. The Morgan fingerprint density at radius 1 is 1.52 bits per heavy atom. The van der Waals surface area contributed by atoms with E-state index in [1.165, 1.54) is 23.3 Å². The predicted molar refractivity (Wildman–Crippen MR) is 77.0 cm³/mol. The molecule has 0 radical (unpaired) electrons. The standard InChI is InChI=1S/C13H20N6O2/c20-5-4-18(7-10-2-1-3-14-10)8-11-6-12(21)19-13(17-11)15-9-16-19/h6,9-10,14,20H,1-5,7-8H2,(H,15,16,17). The Labute approximate surface area is 121 Å². The fourth-order valence-electron chi connectivity index (χ4n) is 2.78. The normalized spacial score (nSPS) is 18.9. The molecule has 1 fully saturated rings. The highest BCUT2D eigenvalue weighted by molar-refractivity contribution is 5.25. The maximum absolute atomic E-state index is 11.9. The van der Waals surface area contributed by atoms with E-state index in [9.17, 15) is 9.90 Å². The largest absolute Gasteiger partial charge is 0.395 e. The van der Waals surface area contributed by atoms with Crippen molar-refractivity contribution in [3.63, 3.8) is 0 Å². The number of rotatable bonds is 6. The molecule has 2 aromatic rings. The van der Waals surface area contributed by atoms with Gasteiger partial charge in [-0.3, -0.25) is 14.8 Å². The van der Waals surface area contributed by atoms with Gasteiger partial charge in [0.05, 0.1) is 12.3 Å². The second-order valence-electron chi connectivity index (χ2n) is 5.36. The molecule has 114 valence electrons. The summed E-state index contributed by atoms with van der Waals surface area (Å²) >= 11 is 0. The molecule has 0 aliphatic carbocycles. The van der Waals surface area contributed by atoms with Gasteiger partial charge in [-0.05, 0) is 19.4 Å². The second-order valence-corrected chi connectivity index (χ2v) is 5.36. The molecule has 1 atom stereocenters. The van der Waals surface area contributed by atoms with Crippen LogP contribution in [0.15, 0.2) is 17.2 Å². The van der Waals surface area contributed by atoms with E-state index in [1.807, 2.05) is 0 Å². The summed E-state index contributed by atoms with van der Waals surface area (Å²) in [5.41, 5.74) is 0.508. The highest BCUT2D eigenvalue weighted by Crippen LogP contribution is 2.09. The van der Waals surface area contributed by atoms with Crippen molar-refractivity contribution < 1.29 is 5.11 Å². The minimum Gasteiger partial charge on any atom is -0.395 e. The number of fused-ring (bicyclic) bond motifs is 1. The molecule has 1 unspecified atom stereocenters. The molecule has 0 saturated carbocycles. The van der Waals surface area contributed by atoms with E-state index in [-0.39, 0.29) is 12.2 Å². The van der Waals surface area contributed by atoms with Gasteiger partial charge in [0.2, 0.25) is 0 Å². The first-order valence-electron chi connectivity index (χ1n) is 7.25. The number of hydrogen-bond acceptors (Lipinski definition) is 6. The zero-order valence-electron chi connectivity index (χ0n) is 11.8. The Bertz CT molecular complexity index is 645. The zero-order chi connectivity index (χ0) is 14.7. The fraction of sp³-hybridized carbons (Fsp3) is 0.615. The van der Waals surface area contributed by atoms with Crippen molar-refractivity contribution in [2.75, 3.05) is 26.2 Å². The molecule has 21 heavy (non-hydrogen) atoms. The Kier molecular flexibility index (Phi) is 4.28. The van der Waals surface area contributed by atoms with Gasteiger partial charge < -0.3 is 10.4 Å². The summed E-state index contributed by atoms with van der Waals surface area (Å²) in [4.78, 5) is 22.4. The second kappa shape index (κ2) is 6.33. The number of aromatic amines is 1. The molecule has 1 saturated heterocycles. The SMILES string of the molecule is O=c1cc(CN(CCO)CC2CCCN2)nc2nc[nH]n12. The molecule has 3 rings (SSSR count). The number of aliphatic hydroxyl groups is 1. The molecular weight excluding hydrogens is 272 g/mol. The van der Waals surface area contributed by atoms with Crippen molar-refractivity contribution >= 4 is 5.78 Å². The van der Waals surface area contributed by atoms with Crippen LogP contribution in [-0.4, -0.2) is 61.9 Å². The number of H-pyrrole nitrogens is 1. The first kappa shape index (κ1) is 14.2. The molecule has 0 aromatic carbocycles. The minimum absolute atomic E-state index is 0.0936. The van der Waals surface area contributed by atoms with Crippen LogP contribution in [0.2, 0.25) is 0 Å². The minimum atomic E-state index is -0.171. The summed E-state index contributed by atoms with van der Waals surface area (Å²) in [6.07, 6.45) is 3.79. The fourth-order valence-corrected chi connectivity index (χ4v) is 2.78. The third kappa shape index (κ3) is 3.29. The summed E-state index contributed by atoms with van der Waals surface area (Å²) in [7, 11) is 0. The highest BCUT2D eigenvalue weighted by Gasteiger charge is 2.18. The van der Waals surface area contributed by atoms with Gasteiger partial charge in [-0.2, -0.15) is 4.52 Å². The third-order valence-electron chi connectivity index (χ3n) is 3.76. The predicted octanol–water partition coefficient (Wildman–Crippen LogP) is -1.04. The van der Waals surface area contributed by atoms with Crippen LogP contribution in [0.4, 0.5) is 0 Å². The first-order valence-corrected chi connectivity index (χ1v) is 7.25. The van der Waals surface area contributed by atoms with Crippen molar-refractivity contribution in [2.45, 2.75) is 25.4 Å². The van der Waals surface area contributed by atoms with Gasteiger partial charge in [-0.25, -0.2) is 9.97 Å². The maximum atomic E-state index is 11.9. The van der Waals surface area contributed by atoms with Gasteiger partial charge in [0.1, 0.15) is 6.33 Å². The average molecular weight is 292 g/mol. The van der Waals surface area contributed by atoms with Crippen LogP contribution in [0.25, 0.3) is 5.78 Å². The van der Waals surface area contributed by atoms with E-state index in [2.05, 4.69) is 25.3 Å². The van der Waals surface area contributed by atoms with Crippen LogP contribution in [0, 0.1) is 0 Å². The topological polar surface area (TPSA) is 98.6 Å². The van der Waals surface area contributed by atoms with Crippen molar-refractivity contribution in [3.8, 4) is 0 Å². The van der Waals surface area contributed by atoms with Crippen molar-refractivity contribution in [3.05, 3.63) is 28.4 Å². The van der Waals surface area contributed by atoms with Crippen molar-refractivity contribution in [1.82, 2.24) is 29.8 Å². The van der Waals surface area contributed by atoms with E-state index in [0.29, 0.717) is 30.6 Å². The summed E-state index contributed by atoms with van der Waals surface area (Å²) in [6.45, 7) is 3.10. The zero-order valence-corrected chi connectivity index (χ0v) is 11.8. The van der Waals surface area contributed by atoms with Crippen molar-refractivity contribution in [2.24, 2.45) is 0 Å². The quantitative estimate of drug-likeness (QED) is 0.629. The molecule has 1 aliphatic rings. The molecule has 8 nitrogen and oxygen atoms in total.